The molecule has 25 aromatic carbocycles. The van der Waals surface area contributed by atoms with Crippen LogP contribution in [0, 0.1) is 0 Å². The Kier molecular flexibility index (Phi) is 25.8. The quantitative estimate of drug-likeness (QED) is 0.101. The Balaban J connectivity index is 0.000000104. The highest BCUT2D eigenvalue weighted by Gasteiger charge is 2.21. The second-order valence-electron chi connectivity index (χ2n) is 35.7. The summed E-state index contributed by atoms with van der Waals surface area (Å²) in [6, 6.07) is 195. The fourth-order valence-electron chi connectivity index (χ4n) is 19.8. The molecule has 5 nitrogen and oxygen atoms in total. The number of rotatable bonds is 15. The van der Waals surface area contributed by atoms with Crippen molar-refractivity contribution in [1.82, 2.24) is 0 Å². The minimum Gasteiger partial charge on any atom is -0.344 e. The molecule has 0 aromatic heterocycles. The van der Waals surface area contributed by atoms with Gasteiger partial charge in [-0.3, -0.25) is 0 Å². The normalized spacial score (nSPS) is 11.0. The third-order valence-electron chi connectivity index (χ3n) is 27.3. The third kappa shape index (κ3) is 18.8. The van der Waals surface area contributed by atoms with Gasteiger partial charge in [-0.15, -0.1) is 0 Å². The maximum atomic E-state index is 2.32. The summed E-state index contributed by atoms with van der Waals surface area (Å²) in [5.41, 5.74) is 24.6. The van der Waals surface area contributed by atoms with Gasteiger partial charge in [-0.05, 0) is 228 Å². The monoisotopic (exact) mass is 1800 g/mol. The Morgan fingerprint density at radius 3 is 0.843 bits per heavy atom. The second-order valence-corrected chi connectivity index (χ2v) is 35.7. The van der Waals surface area contributed by atoms with Crippen LogP contribution in [0.5, 0.6) is 0 Å². The Morgan fingerprint density at radius 1 is 0.114 bits per heavy atom. The molecule has 0 aliphatic heterocycles. The van der Waals surface area contributed by atoms with Gasteiger partial charge in [0.25, 0.3) is 0 Å². The van der Waals surface area contributed by atoms with Crippen LogP contribution < -0.4 is 24.5 Å². The van der Waals surface area contributed by atoms with E-state index in [0.717, 1.165) is 0 Å². The van der Waals surface area contributed by atoms with Crippen molar-refractivity contribution in [2.24, 2.45) is 0 Å². The molecule has 0 heterocycles. The molecule has 0 radical (unpaired) electrons. The highest BCUT2D eigenvalue weighted by molar-refractivity contribution is 6.10. The molecule has 0 bridgehead atoms. The van der Waals surface area contributed by atoms with Gasteiger partial charge in [0.15, 0.2) is 0 Å². The molecule has 0 atom stereocenters. The highest BCUT2D eigenvalue weighted by atomic mass is 15.1. The first-order valence-corrected chi connectivity index (χ1v) is 48.0. The van der Waals surface area contributed by atoms with E-state index in [1.54, 1.807) is 0 Å². The summed E-state index contributed by atoms with van der Waals surface area (Å²) in [6.45, 7) is 0. The molecule has 0 saturated carbocycles. The van der Waals surface area contributed by atoms with Gasteiger partial charge in [0, 0.05) is 125 Å². The fourth-order valence-corrected chi connectivity index (χ4v) is 19.8. The Morgan fingerprint density at radius 2 is 0.379 bits per heavy atom. The van der Waals surface area contributed by atoms with Crippen molar-refractivity contribution in [2.45, 2.75) is 0 Å². The van der Waals surface area contributed by atoms with Gasteiger partial charge in [-0.1, -0.05) is 449 Å². The molecule has 0 N–H and O–H groups in total. The predicted octanol–water partition coefficient (Wildman–Crippen LogP) is 37.1. The molecule has 0 amide bonds. The Bertz CT molecular complexity index is 8430. The van der Waals surface area contributed by atoms with E-state index in [-0.39, 0.29) is 0 Å². The van der Waals surface area contributed by atoms with Crippen LogP contribution in [0.3, 0.4) is 0 Å². The SMILES string of the molecule is CN(c1ccc2ccccc2c1)c1ccc(-c2ccccc2)c2ccccc12.CN(c1ccc2ccccc2c1)c1cccc2c(-c3ccccc3)cccc12.CN(c1ccc2ccccc2c1)c1cccc2cc(-c3ccccc3)ccc12.CN(c1ccc2ccccc2c1)c1cccc2ccc(-c3ccccc3)cc12.CN(c1ccc2ccccc2c1-c1ccccc1)c1cccc2ccccc12. The lowest BCUT2D eigenvalue weighted by Crippen LogP contribution is -2.11. The molecule has 0 aliphatic rings. The summed E-state index contributed by atoms with van der Waals surface area (Å²) in [5.74, 6) is 0. The van der Waals surface area contributed by atoms with E-state index in [1.165, 1.54) is 220 Å². The van der Waals surface area contributed by atoms with E-state index in [0.29, 0.717) is 0 Å². The zero-order valence-electron chi connectivity index (χ0n) is 79.2. The minimum absolute atomic E-state index is 1.19. The van der Waals surface area contributed by atoms with Crippen LogP contribution in [0.2, 0.25) is 0 Å². The summed E-state index contributed by atoms with van der Waals surface area (Å²) >= 11 is 0. The standard InChI is InChI=1S/5C27H21N/c1-28(25-17-9-14-20-10-5-7-15-23(20)25)26-19-18-21-11-6-8-16-24(21)27(26)22-12-3-2-4-13-22;1-28(23-18-17-20-9-5-6-12-22(20)19-23)27-16-8-14-25-24(13-7-15-26(25)27)21-10-3-2-4-11-21;1-28(23-16-15-20-9-5-6-12-22(20)19-23)27-18-17-24(21-10-3-2-4-11-21)25-13-7-8-14-26(25)27;1-28(25-16-14-21-10-5-6-11-22(21)19-25)27-13-7-12-24-18-23(15-17-26(24)27)20-8-3-2-4-9-20;1-28(25-17-16-21-10-5-6-11-23(21)18-25)27-13-7-12-22-14-15-24(19-26(22)27)20-8-3-2-4-9-20/h5*2-19H,1H3. The molecule has 0 fully saturated rings. The molecule has 0 aliphatic carbocycles. The molecular formula is C135H105N5. The van der Waals surface area contributed by atoms with Crippen LogP contribution in [-0.2, 0) is 0 Å². The van der Waals surface area contributed by atoms with E-state index in [2.05, 4.69) is 606 Å². The maximum absolute atomic E-state index is 2.32. The van der Waals surface area contributed by atoms with Crippen molar-refractivity contribution in [3.63, 3.8) is 0 Å². The number of nitrogens with zero attached hydrogens (tertiary/aromatic N) is 5. The van der Waals surface area contributed by atoms with Crippen molar-refractivity contribution < 1.29 is 0 Å². The topological polar surface area (TPSA) is 16.2 Å². The first-order chi connectivity index (χ1) is 69.0. The zero-order valence-corrected chi connectivity index (χ0v) is 79.2. The predicted molar refractivity (Wildman–Crippen MR) is 607 cm³/mol. The smallest absolute Gasteiger partial charge is 0.0494 e. The lowest BCUT2D eigenvalue weighted by molar-refractivity contribution is 1.23. The molecule has 670 valence electrons. The average Bonchev–Trinajstić information content (AvgIpc) is 0.586. The minimum atomic E-state index is 1.19. The molecular weight excluding hydrogens is 1690 g/mol. The molecule has 0 unspecified atom stereocenters. The molecule has 5 heteroatoms. The van der Waals surface area contributed by atoms with Crippen molar-refractivity contribution in [1.29, 1.82) is 0 Å². The molecule has 25 aromatic rings. The van der Waals surface area contributed by atoms with Crippen LogP contribution in [0.25, 0.3) is 163 Å². The summed E-state index contributed by atoms with van der Waals surface area (Å²) in [5, 5.41) is 25.3. The van der Waals surface area contributed by atoms with Gasteiger partial charge in [0.05, 0.1) is 0 Å². The lowest BCUT2D eigenvalue weighted by atomic mass is 9.95. The Labute approximate surface area is 820 Å². The average molecular weight is 1800 g/mol. The fraction of sp³-hybridized carbons (Fsp3) is 0.0370. The van der Waals surface area contributed by atoms with Crippen molar-refractivity contribution in [3.05, 3.63) is 546 Å². The van der Waals surface area contributed by atoms with Crippen molar-refractivity contribution in [2.75, 3.05) is 59.7 Å². The number of benzene rings is 25. The van der Waals surface area contributed by atoms with E-state index in [4.69, 9.17) is 0 Å². The number of anilines is 10. The number of hydrogen-bond acceptors (Lipinski definition) is 5. The van der Waals surface area contributed by atoms with E-state index >= 15 is 0 Å². The molecule has 0 saturated heterocycles. The lowest BCUT2D eigenvalue weighted by Gasteiger charge is -2.25. The molecule has 140 heavy (non-hydrogen) atoms. The Hall–Kier alpha value is -17.9. The van der Waals surface area contributed by atoms with Gasteiger partial charge in [0.2, 0.25) is 0 Å². The van der Waals surface area contributed by atoms with E-state index in [1.807, 2.05) is 0 Å². The van der Waals surface area contributed by atoms with Gasteiger partial charge < -0.3 is 24.5 Å². The zero-order chi connectivity index (χ0) is 94.6. The number of hydrogen-bond donors (Lipinski definition) is 0. The molecule has 25 rings (SSSR count). The summed E-state index contributed by atoms with van der Waals surface area (Å²) < 4.78 is 0. The van der Waals surface area contributed by atoms with Crippen molar-refractivity contribution in [3.8, 4) is 55.6 Å². The third-order valence-corrected chi connectivity index (χ3v) is 27.3. The van der Waals surface area contributed by atoms with E-state index < -0.39 is 0 Å². The van der Waals surface area contributed by atoms with Gasteiger partial charge in [-0.2, -0.15) is 0 Å². The van der Waals surface area contributed by atoms with Crippen LogP contribution in [0.4, 0.5) is 56.9 Å². The van der Waals surface area contributed by atoms with Crippen LogP contribution in [0.15, 0.2) is 546 Å². The molecule has 0 spiro atoms. The first-order valence-electron chi connectivity index (χ1n) is 48.0. The summed E-state index contributed by atoms with van der Waals surface area (Å²) in [6.07, 6.45) is 0. The van der Waals surface area contributed by atoms with Crippen molar-refractivity contribution >= 4 is 165 Å². The van der Waals surface area contributed by atoms with Crippen LogP contribution in [0.1, 0.15) is 0 Å². The summed E-state index contributed by atoms with van der Waals surface area (Å²) in [7, 11) is 10.7. The number of fused-ring (bicyclic) bond motifs is 10. The van der Waals surface area contributed by atoms with Gasteiger partial charge in [-0.25, -0.2) is 0 Å². The van der Waals surface area contributed by atoms with Crippen LogP contribution >= 0.6 is 0 Å². The summed E-state index contributed by atoms with van der Waals surface area (Å²) in [4.78, 5) is 11.4. The van der Waals surface area contributed by atoms with Crippen LogP contribution in [-0.4, -0.2) is 35.2 Å². The van der Waals surface area contributed by atoms with Gasteiger partial charge in [0.1, 0.15) is 0 Å². The second kappa shape index (κ2) is 40.7. The largest absolute Gasteiger partial charge is 0.344 e. The highest BCUT2D eigenvalue weighted by Crippen LogP contribution is 2.46. The van der Waals surface area contributed by atoms with E-state index in [9.17, 15) is 0 Å². The maximum Gasteiger partial charge on any atom is 0.0494 e. The van der Waals surface area contributed by atoms with Gasteiger partial charge >= 0.3 is 0 Å². The first kappa shape index (κ1) is 88.7.